The van der Waals surface area contributed by atoms with E-state index >= 15 is 0 Å². The topological polar surface area (TPSA) is 56.0 Å². The lowest BCUT2D eigenvalue weighted by molar-refractivity contribution is 0.796. The molecule has 0 radical (unpaired) electrons. The average Bonchev–Trinajstić information content (AvgIpc) is 3.22. The summed E-state index contributed by atoms with van der Waals surface area (Å²) in [5.74, 6) is 1.49. The molecule has 5 rings (SSSR count). The number of benzene rings is 2. The maximum absolute atomic E-state index is 4.81. The molecular formula is C18H12BrN5S2. The Bertz CT molecular complexity index is 1240. The van der Waals surface area contributed by atoms with Crippen LogP contribution in [0.3, 0.4) is 0 Å². The third-order valence-electron chi connectivity index (χ3n) is 3.97. The molecule has 3 aromatic heterocycles. The van der Waals surface area contributed by atoms with E-state index in [4.69, 9.17) is 9.97 Å². The summed E-state index contributed by atoms with van der Waals surface area (Å²) in [6, 6.07) is 14.2. The van der Waals surface area contributed by atoms with Crippen LogP contribution in [-0.4, -0.2) is 24.6 Å². The van der Waals surface area contributed by atoms with Crippen molar-refractivity contribution in [2.45, 2.75) is 17.8 Å². The monoisotopic (exact) mass is 441 g/mol. The Balaban J connectivity index is 1.57. The van der Waals surface area contributed by atoms with E-state index in [-0.39, 0.29) is 0 Å². The van der Waals surface area contributed by atoms with Crippen LogP contribution in [0.2, 0.25) is 0 Å². The fourth-order valence-electron chi connectivity index (χ4n) is 2.86. The van der Waals surface area contributed by atoms with Crippen molar-refractivity contribution in [2.24, 2.45) is 0 Å². The normalized spacial score (nSPS) is 11.8. The van der Waals surface area contributed by atoms with E-state index in [0.29, 0.717) is 0 Å². The SMILES string of the molecule is Cc1nc2c3cc(Br)ccc3nc(SCc3nc4ccccc4s3)n2n1. The van der Waals surface area contributed by atoms with Gasteiger partial charge in [0.05, 0.1) is 21.5 Å². The largest absolute Gasteiger partial charge is 0.240 e. The average molecular weight is 442 g/mol. The van der Waals surface area contributed by atoms with Crippen LogP contribution < -0.4 is 0 Å². The molecule has 0 saturated carbocycles. The molecule has 0 bridgehead atoms. The highest BCUT2D eigenvalue weighted by atomic mass is 79.9. The maximum atomic E-state index is 4.81. The van der Waals surface area contributed by atoms with E-state index in [1.54, 1.807) is 23.1 Å². The van der Waals surface area contributed by atoms with Crippen molar-refractivity contribution in [1.82, 2.24) is 24.6 Å². The Morgan fingerprint density at radius 1 is 1.08 bits per heavy atom. The van der Waals surface area contributed by atoms with Gasteiger partial charge in [-0.2, -0.15) is 4.52 Å². The number of hydrogen-bond acceptors (Lipinski definition) is 6. The van der Waals surface area contributed by atoms with Crippen molar-refractivity contribution in [3.63, 3.8) is 0 Å². The van der Waals surface area contributed by atoms with Gasteiger partial charge in [0.25, 0.3) is 0 Å². The molecule has 0 atom stereocenters. The van der Waals surface area contributed by atoms with E-state index in [1.165, 1.54) is 4.70 Å². The quantitative estimate of drug-likeness (QED) is 0.282. The second-order valence-corrected chi connectivity index (χ2v) is 8.79. The number of fused-ring (bicyclic) bond motifs is 4. The number of aryl methyl sites for hydroxylation is 1. The first-order valence-electron chi connectivity index (χ1n) is 7.97. The molecule has 0 aliphatic heterocycles. The van der Waals surface area contributed by atoms with Gasteiger partial charge in [0.1, 0.15) is 10.8 Å². The highest BCUT2D eigenvalue weighted by Crippen LogP contribution is 2.30. The summed E-state index contributed by atoms with van der Waals surface area (Å²) >= 11 is 6.88. The lowest BCUT2D eigenvalue weighted by atomic mass is 10.2. The van der Waals surface area contributed by atoms with Gasteiger partial charge in [-0.15, -0.1) is 16.4 Å². The summed E-state index contributed by atoms with van der Waals surface area (Å²) in [6.45, 7) is 1.90. The Morgan fingerprint density at radius 2 is 1.96 bits per heavy atom. The fourth-order valence-corrected chi connectivity index (χ4v) is 5.13. The lowest BCUT2D eigenvalue weighted by Gasteiger charge is -2.05. The van der Waals surface area contributed by atoms with Crippen LogP contribution in [0.4, 0.5) is 0 Å². The van der Waals surface area contributed by atoms with Gasteiger partial charge < -0.3 is 0 Å². The fraction of sp³-hybridized carbons (Fsp3) is 0.111. The molecule has 2 aromatic carbocycles. The Labute approximate surface area is 165 Å². The molecule has 0 aliphatic carbocycles. The van der Waals surface area contributed by atoms with Crippen LogP contribution in [0.5, 0.6) is 0 Å². The predicted octanol–water partition coefficient (Wildman–Crippen LogP) is 5.25. The van der Waals surface area contributed by atoms with Gasteiger partial charge in [-0.1, -0.05) is 39.8 Å². The van der Waals surface area contributed by atoms with E-state index in [9.17, 15) is 0 Å². The minimum atomic E-state index is 0.737. The summed E-state index contributed by atoms with van der Waals surface area (Å²) in [6.07, 6.45) is 0. The molecular weight excluding hydrogens is 430 g/mol. The second kappa shape index (κ2) is 6.29. The molecule has 3 heterocycles. The Kier molecular flexibility index (Phi) is 3.91. The van der Waals surface area contributed by atoms with Gasteiger partial charge in [-0.05, 0) is 37.3 Å². The van der Waals surface area contributed by atoms with Crippen molar-refractivity contribution in [1.29, 1.82) is 0 Å². The van der Waals surface area contributed by atoms with Crippen LogP contribution in [-0.2, 0) is 5.75 Å². The van der Waals surface area contributed by atoms with E-state index < -0.39 is 0 Å². The molecule has 0 saturated heterocycles. The molecule has 0 N–H and O–H groups in total. The van der Waals surface area contributed by atoms with Gasteiger partial charge >= 0.3 is 0 Å². The minimum absolute atomic E-state index is 0.737. The molecule has 5 aromatic rings. The summed E-state index contributed by atoms with van der Waals surface area (Å²) in [4.78, 5) is 14.1. The zero-order valence-electron chi connectivity index (χ0n) is 13.7. The van der Waals surface area contributed by atoms with Crippen LogP contribution in [0.15, 0.2) is 52.1 Å². The summed E-state index contributed by atoms with van der Waals surface area (Å²) in [5.41, 5.74) is 2.80. The number of hydrogen-bond donors (Lipinski definition) is 0. The minimum Gasteiger partial charge on any atom is -0.240 e. The third-order valence-corrected chi connectivity index (χ3v) is 6.63. The van der Waals surface area contributed by atoms with Crippen molar-refractivity contribution in [3.8, 4) is 0 Å². The van der Waals surface area contributed by atoms with Crippen LogP contribution in [0.1, 0.15) is 10.8 Å². The number of thioether (sulfide) groups is 1. The van der Waals surface area contributed by atoms with Gasteiger partial charge in [0, 0.05) is 9.86 Å². The van der Waals surface area contributed by atoms with Crippen LogP contribution in [0, 0.1) is 6.92 Å². The van der Waals surface area contributed by atoms with Gasteiger partial charge in [-0.25, -0.2) is 15.0 Å². The van der Waals surface area contributed by atoms with Gasteiger partial charge in [0.2, 0.25) is 0 Å². The van der Waals surface area contributed by atoms with E-state index in [2.05, 4.69) is 32.1 Å². The molecule has 128 valence electrons. The molecule has 0 fully saturated rings. The second-order valence-electron chi connectivity index (χ2n) is 5.81. The number of thiazole rings is 1. The molecule has 0 unspecified atom stereocenters. The summed E-state index contributed by atoms with van der Waals surface area (Å²) < 4.78 is 4.05. The summed E-state index contributed by atoms with van der Waals surface area (Å²) in [5, 5.41) is 7.44. The first kappa shape index (κ1) is 16.2. The summed E-state index contributed by atoms with van der Waals surface area (Å²) in [7, 11) is 0. The number of rotatable bonds is 3. The first-order chi connectivity index (χ1) is 12.7. The van der Waals surface area contributed by atoms with Gasteiger partial charge in [-0.3, -0.25) is 0 Å². The number of nitrogens with zero attached hydrogens (tertiary/aromatic N) is 5. The van der Waals surface area contributed by atoms with Crippen molar-refractivity contribution in [3.05, 3.63) is 57.8 Å². The van der Waals surface area contributed by atoms with E-state index in [0.717, 1.165) is 48.3 Å². The van der Waals surface area contributed by atoms with Crippen molar-refractivity contribution in [2.75, 3.05) is 0 Å². The van der Waals surface area contributed by atoms with Crippen molar-refractivity contribution < 1.29 is 0 Å². The zero-order chi connectivity index (χ0) is 17.7. The van der Waals surface area contributed by atoms with Crippen molar-refractivity contribution >= 4 is 65.8 Å². The van der Waals surface area contributed by atoms with Gasteiger partial charge in [0.15, 0.2) is 10.8 Å². The highest BCUT2D eigenvalue weighted by molar-refractivity contribution is 9.10. The van der Waals surface area contributed by atoms with Crippen LogP contribution >= 0.6 is 39.0 Å². The number of aromatic nitrogens is 5. The smallest absolute Gasteiger partial charge is 0.191 e. The predicted molar refractivity (Wildman–Crippen MR) is 110 cm³/mol. The third kappa shape index (κ3) is 2.78. The maximum Gasteiger partial charge on any atom is 0.191 e. The van der Waals surface area contributed by atoms with Crippen LogP contribution in [0.25, 0.3) is 26.8 Å². The molecule has 0 spiro atoms. The Hall–Kier alpha value is -2.03. The lowest BCUT2D eigenvalue weighted by Crippen LogP contribution is -1.98. The molecule has 0 aliphatic rings. The zero-order valence-corrected chi connectivity index (χ0v) is 16.9. The molecule has 0 amide bonds. The number of halogens is 1. The highest BCUT2D eigenvalue weighted by Gasteiger charge is 2.14. The van der Waals surface area contributed by atoms with E-state index in [1.807, 2.05) is 47.8 Å². The standard InChI is InChI=1S/C18H12BrN5S2/c1-10-20-17-12-8-11(19)6-7-13(12)22-18(24(17)23-10)25-9-16-21-14-4-2-3-5-15(14)26-16/h2-8H,9H2,1H3. The number of para-hydroxylation sites is 1. The molecule has 8 heteroatoms. The first-order valence-corrected chi connectivity index (χ1v) is 10.6. The Morgan fingerprint density at radius 3 is 2.85 bits per heavy atom. The molecule has 5 nitrogen and oxygen atoms in total. The molecule has 26 heavy (non-hydrogen) atoms.